The molecule has 1 saturated heterocycles. The van der Waals surface area contributed by atoms with Crippen molar-refractivity contribution in [1.82, 2.24) is 19.5 Å². The molecule has 0 unspecified atom stereocenters. The molecule has 1 aliphatic heterocycles. The first-order valence-electron chi connectivity index (χ1n) is 10.8. The van der Waals surface area contributed by atoms with Crippen LogP contribution in [0.1, 0.15) is 48.8 Å². The Bertz CT molecular complexity index is 1180. The summed E-state index contributed by atoms with van der Waals surface area (Å²) in [5.41, 5.74) is -0.612. The number of aromatic nitrogens is 3. The van der Waals surface area contributed by atoms with E-state index in [9.17, 15) is 18.0 Å². The molecular weight excluding hydrogens is 437 g/mol. The molecule has 0 spiro atoms. The second kappa shape index (κ2) is 8.92. The van der Waals surface area contributed by atoms with Gasteiger partial charge in [0.05, 0.1) is 19.9 Å². The highest BCUT2D eigenvalue weighted by molar-refractivity contribution is 5.93. The number of benzene rings is 1. The number of carbonyl (C=O) groups excluding carboxylic acids is 1. The van der Waals surface area contributed by atoms with Crippen LogP contribution >= 0.6 is 0 Å². The number of halogens is 3. The van der Waals surface area contributed by atoms with Gasteiger partial charge in [-0.05, 0) is 49.9 Å². The average molecular weight is 462 g/mol. The van der Waals surface area contributed by atoms with E-state index in [-0.39, 0.29) is 29.0 Å². The van der Waals surface area contributed by atoms with Gasteiger partial charge in [-0.3, -0.25) is 4.79 Å². The van der Waals surface area contributed by atoms with Crippen molar-refractivity contribution in [2.24, 2.45) is 0 Å². The molecule has 0 N–H and O–H groups in total. The second-order valence-corrected chi connectivity index (χ2v) is 7.95. The molecule has 1 amide bonds. The van der Waals surface area contributed by atoms with Gasteiger partial charge < -0.3 is 14.4 Å². The Kier molecular flexibility index (Phi) is 6.18. The lowest BCUT2D eigenvalue weighted by Gasteiger charge is -2.34. The molecule has 0 saturated carbocycles. The summed E-state index contributed by atoms with van der Waals surface area (Å²) in [6.07, 6.45) is -1.14. The molecule has 2 aromatic heterocycles. The summed E-state index contributed by atoms with van der Waals surface area (Å²) in [5, 5.41) is 4.02. The van der Waals surface area contributed by atoms with Crippen LogP contribution in [0.3, 0.4) is 0 Å². The highest BCUT2D eigenvalue weighted by atomic mass is 19.4. The van der Waals surface area contributed by atoms with E-state index in [4.69, 9.17) is 9.47 Å². The molecule has 1 aromatic carbocycles. The summed E-state index contributed by atoms with van der Waals surface area (Å²) in [6.45, 7) is 2.57. The number of nitrogens with zero attached hydrogens (tertiary/aromatic N) is 4. The number of hydrogen-bond donors (Lipinski definition) is 0. The summed E-state index contributed by atoms with van der Waals surface area (Å²) in [5.74, 6) is 0.445. The van der Waals surface area contributed by atoms with E-state index in [1.807, 2.05) is 6.92 Å². The van der Waals surface area contributed by atoms with Gasteiger partial charge >= 0.3 is 6.18 Å². The molecule has 7 nitrogen and oxygen atoms in total. The fourth-order valence-electron chi connectivity index (χ4n) is 4.26. The van der Waals surface area contributed by atoms with Crippen LogP contribution in [0.25, 0.3) is 16.9 Å². The number of amides is 1. The SMILES string of the molecule is CC[C@@H]1CCCCN1C(=O)c1cc2nc(-c3ccc(OC)c(OC)c3)cc(C(F)(F)F)n2n1. The van der Waals surface area contributed by atoms with Crippen molar-refractivity contribution in [2.45, 2.75) is 44.8 Å². The van der Waals surface area contributed by atoms with Crippen LogP contribution < -0.4 is 9.47 Å². The predicted octanol–water partition coefficient (Wildman–Crippen LogP) is 4.84. The summed E-state index contributed by atoms with van der Waals surface area (Å²) >= 11 is 0. The number of alkyl halides is 3. The predicted molar refractivity (Wildman–Crippen MR) is 115 cm³/mol. The van der Waals surface area contributed by atoms with E-state index in [0.29, 0.717) is 28.1 Å². The molecular formula is C23H25F3N4O3. The van der Waals surface area contributed by atoms with Crippen molar-refractivity contribution in [2.75, 3.05) is 20.8 Å². The Hall–Kier alpha value is -3.30. The Morgan fingerprint density at radius 3 is 2.55 bits per heavy atom. The lowest BCUT2D eigenvalue weighted by molar-refractivity contribution is -0.142. The molecule has 0 aliphatic carbocycles. The third-order valence-electron chi connectivity index (χ3n) is 5.98. The monoisotopic (exact) mass is 462 g/mol. The molecule has 0 radical (unpaired) electrons. The van der Waals surface area contributed by atoms with Crippen molar-refractivity contribution in [3.05, 3.63) is 41.7 Å². The fraction of sp³-hybridized carbons (Fsp3) is 0.435. The highest BCUT2D eigenvalue weighted by Gasteiger charge is 2.36. The molecule has 1 atom stereocenters. The van der Waals surface area contributed by atoms with Gasteiger partial charge in [0, 0.05) is 24.2 Å². The standard InChI is InChI=1S/C23H25F3N4O3/c1-4-15-7-5-6-10-29(15)22(31)17-13-21-27-16(12-20(23(24,25)26)30(21)28-17)14-8-9-18(32-2)19(11-14)33-3/h8-9,11-13,15H,4-7,10H2,1-3H3/t15-/m1/s1. The highest BCUT2D eigenvalue weighted by Crippen LogP contribution is 2.35. The third-order valence-corrected chi connectivity index (χ3v) is 5.98. The van der Waals surface area contributed by atoms with Crippen LogP contribution in [0.2, 0.25) is 0 Å². The largest absolute Gasteiger partial charge is 0.493 e. The third kappa shape index (κ3) is 4.34. The normalized spacial score (nSPS) is 16.8. The Morgan fingerprint density at radius 2 is 1.88 bits per heavy atom. The van der Waals surface area contributed by atoms with E-state index in [0.717, 1.165) is 31.7 Å². The van der Waals surface area contributed by atoms with Crippen molar-refractivity contribution in [1.29, 1.82) is 0 Å². The van der Waals surface area contributed by atoms with E-state index < -0.39 is 11.9 Å². The van der Waals surface area contributed by atoms with Crippen molar-refractivity contribution < 1.29 is 27.4 Å². The molecule has 1 aliphatic rings. The molecule has 0 bridgehead atoms. The lowest BCUT2D eigenvalue weighted by Crippen LogP contribution is -2.43. The number of hydrogen-bond acceptors (Lipinski definition) is 5. The molecule has 176 valence electrons. The number of likely N-dealkylation sites (tertiary alicyclic amines) is 1. The number of ether oxygens (including phenoxy) is 2. The quantitative estimate of drug-likeness (QED) is 0.543. The maximum absolute atomic E-state index is 13.9. The Morgan fingerprint density at radius 1 is 1.12 bits per heavy atom. The second-order valence-electron chi connectivity index (χ2n) is 7.95. The van der Waals surface area contributed by atoms with Crippen molar-refractivity contribution >= 4 is 11.6 Å². The minimum atomic E-state index is -4.70. The zero-order valence-electron chi connectivity index (χ0n) is 18.6. The number of carbonyl (C=O) groups is 1. The summed E-state index contributed by atoms with van der Waals surface area (Å²) in [4.78, 5) is 19.2. The Balaban J connectivity index is 1.81. The summed E-state index contributed by atoms with van der Waals surface area (Å²) in [7, 11) is 2.91. The van der Waals surface area contributed by atoms with E-state index in [1.165, 1.54) is 20.3 Å². The number of fused-ring (bicyclic) bond motifs is 1. The van der Waals surface area contributed by atoms with Gasteiger partial charge in [0.2, 0.25) is 0 Å². The number of methoxy groups -OCH3 is 2. The first-order valence-corrected chi connectivity index (χ1v) is 10.8. The van der Waals surface area contributed by atoms with E-state index in [2.05, 4.69) is 10.1 Å². The Labute approximate surface area is 189 Å². The van der Waals surface area contributed by atoms with Crippen LogP contribution in [0, 0.1) is 0 Å². The maximum atomic E-state index is 13.9. The fourth-order valence-corrected chi connectivity index (χ4v) is 4.26. The molecule has 33 heavy (non-hydrogen) atoms. The smallest absolute Gasteiger partial charge is 0.433 e. The van der Waals surface area contributed by atoms with Gasteiger partial charge in [0.25, 0.3) is 5.91 Å². The lowest BCUT2D eigenvalue weighted by atomic mass is 9.99. The molecule has 4 rings (SSSR count). The van der Waals surface area contributed by atoms with Gasteiger partial charge in [-0.25, -0.2) is 9.50 Å². The van der Waals surface area contributed by atoms with Crippen molar-refractivity contribution in [3.8, 4) is 22.8 Å². The van der Waals surface area contributed by atoms with Crippen LogP contribution in [0.15, 0.2) is 30.3 Å². The zero-order chi connectivity index (χ0) is 23.8. The van der Waals surface area contributed by atoms with Crippen LogP contribution in [0.4, 0.5) is 13.2 Å². The van der Waals surface area contributed by atoms with Gasteiger partial charge in [0.15, 0.2) is 28.5 Å². The zero-order valence-corrected chi connectivity index (χ0v) is 18.6. The number of rotatable bonds is 5. The molecule has 3 heterocycles. The van der Waals surface area contributed by atoms with Crippen LogP contribution in [0.5, 0.6) is 11.5 Å². The topological polar surface area (TPSA) is 69.0 Å². The summed E-state index contributed by atoms with van der Waals surface area (Å²) in [6, 6.07) is 7.06. The first-order chi connectivity index (χ1) is 15.8. The van der Waals surface area contributed by atoms with Crippen molar-refractivity contribution in [3.63, 3.8) is 0 Å². The first kappa shape index (κ1) is 22.9. The average Bonchev–Trinajstić information content (AvgIpc) is 3.25. The molecule has 3 aromatic rings. The van der Waals surface area contributed by atoms with Gasteiger partial charge in [-0.2, -0.15) is 18.3 Å². The van der Waals surface area contributed by atoms with E-state index >= 15 is 0 Å². The summed E-state index contributed by atoms with van der Waals surface area (Å²) < 4.78 is 53.0. The van der Waals surface area contributed by atoms with Crippen LogP contribution in [-0.2, 0) is 6.18 Å². The molecule has 10 heteroatoms. The van der Waals surface area contributed by atoms with Crippen LogP contribution in [-0.4, -0.2) is 52.2 Å². The minimum Gasteiger partial charge on any atom is -0.493 e. The van der Waals surface area contributed by atoms with Gasteiger partial charge in [-0.1, -0.05) is 6.92 Å². The number of piperidine rings is 1. The maximum Gasteiger partial charge on any atom is 0.433 e. The van der Waals surface area contributed by atoms with Gasteiger partial charge in [0.1, 0.15) is 0 Å². The van der Waals surface area contributed by atoms with E-state index in [1.54, 1.807) is 23.1 Å². The minimum absolute atomic E-state index is 0.0437. The van der Waals surface area contributed by atoms with Gasteiger partial charge in [-0.15, -0.1) is 0 Å². The molecule has 1 fully saturated rings.